The van der Waals surface area contributed by atoms with Crippen LogP contribution >= 0.6 is 12.6 Å². The van der Waals surface area contributed by atoms with Gasteiger partial charge in [0.1, 0.15) is 5.78 Å². The molecule has 0 aromatic carbocycles. The van der Waals surface area contributed by atoms with E-state index in [2.05, 4.69) is 12.6 Å². The molecule has 0 saturated carbocycles. The van der Waals surface area contributed by atoms with E-state index in [0.717, 1.165) is 12.8 Å². The van der Waals surface area contributed by atoms with Crippen molar-refractivity contribution >= 4 is 18.4 Å². The van der Waals surface area contributed by atoms with Gasteiger partial charge in [0, 0.05) is 24.2 Å². The average Bonchev–Trinajstić information content (AvgIpc) is 2.42. The summed E-state index contributed by atoms with van der Waals surface area (Å²) in [6.07, 6.45) is 2.72. The zero-order valence-electron chi connectivity index (χ0n) is 13.3. The van der Waals surface area contributed by atoms with Crippen LogP contribution in [-0.2, 0) is 19.0 Å². The second-order valence-corrected chi connectivity index (χ2v) is 6.73. The molecule has 0 rings (SSSR count). The molecule has 0 atom stereocenters. The molecule has 6 heteroatoms. The van der Waals surface area contributed by atoms with Crippen LogP contribution in [0, 0.1) is 0 Å². The lowest BCUT2D eigenvalue weighted by molar-refractivity contribution is -0.119. The van der Waals surface area contributed by atoms with E-state index in [9.17, 15) is 4.79 Å². The van der Waals surface area contributed by atoms with E-state index < -0.39 is 0 Å². The maximum Gasteiger partial charge on any atom is 0.133 e. The first-order valence-electron chi connectivity index (χ1n) is 7.54. The number of carbonyl (C=O) groups excluding carboxylic acids is 1. The van der Waals surface area contributed by atoms with Crippen molar-refractivity contribution < 1.29 is 24.1 Å². The van der Waals surface area contributed by atoms with Gasteiger partial charge >= 0.3 is 0 Å². The Morgan fingerprint density at radius 3 is 2.00 bits per heavy atom. The third-order valence-corrected chi connectivity index (χ3v) is 2.96. The maximum atomic E-state index is 11.6. The molecule has 0 amide bonds. The number of ketones is 1. The highest BCUT2D eigenvalue weighted by Crippen LogP contribution is 2.19. The smallest absolute Gasteiger partial charge is 0.133 e. The molecule has 0 fully saturated rings. The minimum atomic E-state index is -0.0790. The Kier molecular flexibility index (Phi) is 13.4. The number of Topliss-reactive ketones (excluding diaryl/α,β-unsaturated/α-hetero) is 1. The standard InChI is InChI=1S/C15H30O5S/c1-15(2,21)6-5-14(17)4-3-8-18-10-12-20-13-11-19-9-7-16/h16,21H,3-13H2,1-2H3. The lowest BCUT2D eigenvalue weighted by atomic mass is 10.0. The molecule has 21 heavy (non-hydrogen) atoms. The molecular weight excluding hydrogens is 292 g/mol. The van der Waals surface area contributed by atoms with Crippen LogP contribution in [0.4, 0.5) is 0 Å². The fraction of sp³-hybridized carbons (Fsp3) is 0.933. The third-order valence-electron chi connectivity index (χ3n) is 2.74. The summed E-state index contributed by atoms with van der Waals surface area (Å²) in [5, 5.41) is 8.49. The predicted molar refractivity (Wildman–Crippen MR) is 86.1 cm³/mol. The van der Waals surface area contributed by atoms with Crippen molar-refractivity contribution in [3.05, 3.63) is 0 Å². The van der Waals surface area contributed by atoms with E-state index in [0.29, 0.717) is 52.5 Å². The van der Waals surface area contributed by atoms with Gasteiger partial charge in [0.15, 0.2) is 0 Å². The van der Waals surface area contributed by atoms with E-state index in [1.807, 2.05) is 13.8 Å². The zero-order chi connectivity index (χ0) is 16.0. The molecule has 0 spiro atoms. The van der Waals surface area contributed by atoms with Gasteiger partial charge in [0.2, 0.25) is 0 Å². The molecule has 0 aromatic rings. The van der Waals surface area contributed by atoms with Crippen molar-refractivity contribution in [2.75, 3.05) is 46.2 Å². The van der Waals surface area contributed by atoms with Gasteiger partial charge in [-0.3, -0.25) is 4.79 Å². The van der Waals surface area contributed by atoms with Gasteiger partial charge in [-0.1, -0.05) is 13.8 Å². The van der Waals surface area contributed by atoms with Gasteiger partial charge in [-0.25, -0.2) is 0 Å². The highest BCUT2D eigenvalue weighted by molar-refractivity contribution is 7.81. The fourth-order valence-corrected chi connectivity index (χ4v) is 1.66. The summed E-state index contributed by atoms with van der Waals surface area (Å²) in [4.78, 5) is 11.6. The monoisotopic (exact) mass is 322 g/mol. The molecule has 5 nitrogen and oxygen atoms in total. The summed E-state index contributed by atoms with van der Waals surface area (Å²) < 4.78 is 15.6. The minimum Gasteiger partial charge on any atom is -0.394 e. The Morgan fingerprint density at radius 2 is 1.48 bits per heavy atom. The predicted octanol–water partition coefficient (Wildman–Crippen LogP) is 1.87. The number of thiol groups is 1. The van der Waals surface area contributed by atoms with Crippen LogP contribution in [0.25, 0.3) is 0 Å². The fourth-order valence-electron chi connectivity index (χ4n) is 1.55. The van der Waals surface area contributed by atoms with Crippen LogP contribution in [0.2, 0.25) is 0 Å². The van der Waals surface area contributed by atoms with Crippen molar-refractivity contribution in [3.63, 3.8) is 0 Å². The molecule has 0 heterocycles. The summed E-state index contributed by atoms with van der Waals surface area (Å²) in [5.41, 5.74) is 0. The van der Waals surface area contributed by atoms with Crippen molar-refractivity contribution in [1.29, 1.82) is 0 Å². The molecule has 0 aliphatic heterocycles. The van der Waals surface area contributed by atoms with Gasteiger partial charge < -0.3 is 19.3 Å². The topological polar surface area (TPSA) is 65.0 Å². The van der Waals surface area contributed by atoms with Crippen LogP contribution in [-0.4, -0.2) is 61.9 Å². The molecule has 0 aliphatic rings. The molecule has 0 saturated heterocycles. The summed E-state index contributed by atoms with van der Waals surface area (Å²) >= 11 is 4.40. The Bertz CT molecular complexity index is 253. The number of rotatable bonds is 15. The van der Waals surface area contributed by atoms with E-state index >= 15 is 0 Å². The number of hydrogen-bond acceptors (Lipinski definition) is 6. The van der Waals surface area contributed by atoms with Gasteiger partial charge in [0.25, 0.3) is 0 Å². The summed E-state index contributed by atoms with van der Waals surface area (Å²) in [6.45, 7) is 7.02. The SMILES string of the molecule is CC(C)(S)CCC(=O)CCCOCCOCCOCCO. The Hall–Kier alpha value is -0.140. The molecule has 0 radical (unpaired) electrons. The Balaban J connectivity index is 3.20. The number of ether oxygens (including phenoxy) is 3. The van der Waals surface area contributed by atoms with Crippen LogP contribution in [0.3, 0.4) is 0 Å². The molecular formula is C15H30O5S. The normalized spacial score (nSPS) is 11.8. The zero-order valence-corrected chi connectivity index (χ0v) is 14.2. The molecule has 1 N–H and O–H groups in total. The lowest BCUT2D eigenvalue weighted by Crippen LogP contribution is -2.13. The van der Waals surface area contributed by atoms with Crippen molar-refractivity contribution in [3.8, 4) is 0 Å². The number of carbonyl (C=O) groups is 1. The largest absolute Gasteiger partial charge is 0.394 e. The summed E-state index contributed by atoms with van der Waals surface area (Å²) in [7, 11) is 0. The highest BCUT2D eigenvalue weighted by Gasteiger charge is 2.13. The Morgan fingerprint density at radius 1 is 0.952 bits per heavy atom. The summed E-state index contributed by atoms with van der Waals surface area (Å²) in [6, 6.07) is 0. The summed E-state index contributed by atoms with van der Waals surface area (Å²) in [5.74, 6) is 0.276. The third kappa shape index (κ3) is 17.8. The first-order chi connectivity index (χ1) is 9.95. The van der Waals surface area contributed by atoms with Crippen molar-refractivity contribution in [2.45, 2.75) is 44.3 Å². The van der Waals surface area contributed by atoms with Crippen LogP contribution < -0.4 is 0 Å². The first kappa shape index (κ1) is 20.9. The number of hydrogen-bond donors (Lipinski definition) is 2. The van der Waals surface area contributed by atoms with Crippen LogP contribution in [0.1, 0.15) is 39.5 Å². The molecule has 0 unspecified atom stereocenters. The first-order valence-corrected chi connectivity index (χ1v) is 7.98. The highest BCUT2D eigenvalue weighted by atomic mass is 32.1. The average molecular weight is 322 g/mol. The molecule has 126 valence electrons. The van der Waals surface area contributed by atoms with Crippen LogP contribution in [0.15, 0.2) is 0 Å². The minimum absolute atomic E-state index is 0.0350. The number of aliphatic hydroxyl groups is 1. The molecule has 0 bridgehead atoms. The van der Waals surface area contributed by atoms with Gasteiger partial charge in [-0.05, 0) is 12.8 Å². The lowest BCUT2D eigenvalue weighted by Gasteiger charge is -2.15. The van der Waals surface area contributed by atoms with Crippen LogP contribution in [0.5, 0.6) is 0 Å². The maximum absolute atomic E-state index is 11.6. The second-order valence-electron chi connectivity index (χ2n) is 5.52. The molecule has 0 aliphatic carbocycles. The second kappa shape index (κ2) is 13.5. The van der Waals surface area contributed by atoms with Crippen molar-refractivity contribution in [1.82, 2.24) is 0 Å². The van der Waals surface area contributed by atoms with E-state index in [-0.39, 0.29) is 17.1 Å². The number of aliphatic hydroxyl groups excluding tert-OH is 1. The quantitative estimate of drug-likeness (QED) is 0.356. The molecule has 0 aromatic heterocycles. The van der Waals surface area contributed by atoms with Gasteiger partial charge in [0.05, 0.1) is 39.6 Å². The van der Waals surface area contributed by atoms with Gasteiger partial charge in [-0.15, -0.1) is 0 Å². The Labute approximate surface area is 133 Å². The van der Waals surface area contributed by atoms with E-state index in [4.69, 9.17) is 19.3 Å². The van der Waals surface area contributed by atoms with E-state index in [1.54, 1.807) is 0 Å². The van der Waals surface area contributed by atoms with E-state index in [1.165, 1.54) is 0 Å². The van der Waals surface area contributed by atoms with Crippen molar-refractivity contribution in [2.24, 2.45) is 0 Å². The van der Waals surface area contributed by atoms with Gasteiger partial charge in [-0.2, -0.15) is 12.6 Å².